The third kappa shape index (κ3) is 3.02. The van der Waals surface area contributed by atoms with Crippen LogP contribution < -0.4 is 5.32 Å². The van der Waals surface area contributed by atoms with E-state index in [0.29, 0.717) is 0 Å². The lowest BCUT2D eigenvalue weighted by Crippen LogP contribution is -2.13. The summed E-state index contributed by atoms with van der Waals surface area (Å²) in [6, 6.07) is 0. The molecule has 1 saturated heterocycles. The topological polar surface area (TPSA) is 60.2 Å². The molecule has 16 heavy (non-hydrogen) atoms. The summed E-state index contributed by atoms with van der Waals surface area (Å²) in [6.45, 7) is 1.78. The average Bonchev–Trinajstić information content (AvgIpc) is 2.79. The van der Waals surface area contributed by atoms with Crippen molar-refractivity contribution in [3.05, 3.63) is 11.7 Å². The van der Waals surface area contributed by atoms with Crippen molar-refractivity contribution in [1.29, 1.82) is 0 Å². The first-order valence-electron chi connectivity index (χ1n) is 5.99. The predicted octanol–water partition coefficient (Wildman–Crippen LogP) is 1.46. The largest absolute Gasteiger partial charge is 0.370 e. The highest BCUT2D eigenvalue weighted by atomic mass is 16.5. The lowest BCUT2D eigenvalue weighted by Gasteiger charge is -2.18. The maximum absolute atomic E-state index is 5.61. The van der Waals surface area contributed by atoms with E-state index in [1.807, 2.05) is 7.05 Å². The molecule has 0 bridgehead atoms. The summed E-state index contributed by atoms with van der Waals surface area (Å²) < 4.78 is 10.8. The number of nitrogens with one attached hydrogen (secondary N) is 1. The Hall–Kier alpha value is -0.940. The van der Waals surface area contributed by atoms with Crippen LogP contribution in [0.4, 0.5) is 0 Å². The number of aryl methyl sites for hydroxylation is 1. The van der Waals surface area contributed by atoms with Gasteiger partial charge in [-0.2, -0.15) is 4.98 Å². The Balaban J connectivity index is 1.85. The number of hydrogen-bond acceptors (Lipinski definition) is 5. The van der Waals surface area contributed by atoms with Crippen molar-refractivity contribution in [3.63, 3.8) is 0 Å². The zero-order valence-electron chi connectivity index (χ0n) is 9.74. The van der Waals surface area contributed by atoms with E-state index in [1.54, 1.807) is 0 Å². The maximum Gasteiger partial charge on any atom is 0.226 e. The van der Waals surface area contributed by atoms with E-state index in [1.165, 1.54) is 6.42 Å². The van der Waals surface area contributed by atoms with Crippen LogP contribution in [0, 0.1) is 0 Å². The highest BCUT2D eigenvalue weighted by molar-refractivity contribution is 4.92. The van der Waals surface area contributed by atoms with Crippen molar-refractivity contribution in [1.82, 2.24) is 15.5 Å². The smallest absolute Gasteiger partial charge is 0.226 e. The quantitative estimate of drug-likeness (QED) is 0.769. The van der Waals surface area contributed by atoms with Gasteiger partial charge in [-0.05, 0) is 39.3 Å². The van der Waals surface area contributed by atoms with E-state index in [2.05, 4.69) is 15.5 Å². The van der Waals surface area contributed by atoms with Gasteiger partial charge in [-0.15, -0.1) is 0 Å². The highest BCUT2D eigenvalue weighted by Gasteiger charge is 2.21. The van der Waals surface area contributed by atoms with Gasteiger partial charge >= 0.3 is 0 Å². The van der Waals surface area contributed by atoms with Gasteiger partial charge in [0.2, 0.25) is 11.7 Å². The van der Waals surface area contributed by atoms with E-state index in [-0.39, 0.29) is 6.10 Å². The molecule has 1 aliphatic rings. The van der Waals surface area contributed by atoms with E-state index >= 15 is 0 Å². The molecule has 0 aromatic carbocycles. The molecule has 0 spiro atoms. The molecule has 0 amide bonds. The summed E-state index contributed by atoms with van der Waals surface area (Å²) in [6.07, 6.45) is 5.24. The van der Waals surface area contributed by atoms with Crippen LogP contribution in [-0.2, 0) is 11.2 Å². The monoisotopic (exact) mass is 225 g/mol. The molecular weight excluding hydrogens is 206 g/mol. The van der Waals surface area contributed by atoms with Crippen molar-refractivity contribution in [2.75, 3.05) is 20.2 Å². The molecule has 0 aliphatic carbocycles. The minimum Gasteiger partial charge on any atom is -0.370 e. The number of hydrogen-bond donors (Lipinski definition) is 1. The third-order valence-electron chi connectivity index (χ3n) is 2.77. The first kappa shape index (κ1) is 11.5. The Morgan fingerprint density at radius 2 is 2.38 bits per heavy atom. The molecule has 1 aromatic heterocycles. The van der Waals surface area contributed by atoms with Crippen molar-refractivity contribution in [2.45, 2.75) is 38.2 Å². The van der Waals surface area contributed by atoms with E-state index < -0.39 is 0 Å². The van der Waals surface area contributed by atoms with Crippen LogP contribution in [0.3, 0.4) is 0 Å². The molecule has 2 rings (SSSR count). The van der Waals surface area contributed by atoms with Gasteiger partial charge in [0, 0.05) is 13.0 Å². The van der Waals surface area contributed by atoms with Crippen LogP contribution in [0.1, 0.15) is 43.5 Å². The van der Waals surface area contributed by atoms with Crippen molar-refractivity contribution in [2.24, 2.45) is 0 Å². The van der Waals surface area contributed by atoms with Crippen LogP contribution in [0.5, 0.6) is 0 Å². The van der Waals surface area contributed by atoms with Gasteiger partial charge in [-0.25, -0.2) is 0 Å². The minimum absolute atomic E-state index is 0.0514. The van der Waals surface area contributed by atoms with E-state index in [9.17, 15) is 0 Å². The molecule has 2 heterocycles. The van der Waals surface area contributed by atoms with E-state index in [0.717, 1.165) is 50.6 Å². The second kappa shape index (κ2) is 5.96. The second-order valence-corrected chi connectivity index (χ2v) is 4.11. The van der Waals surface area contributed by atoms with Crippen LogP contribution >= 0.6 is 0 Å². The van der Waals surface area contributed by atoms with Gasteiger partial charge < -0.3 is 14.6 Å². The molecule has 1 fully saturated rings. The normalized spacial score (nSPS) is 21.2. The standard InChI is InChI=1S/C11H19N3O2/c1-12-7-4-6-10-13-11(14-16-10)9-5-2-3-8-15-9/h9,12H,2-8H2,1H3. The van der Waals surface area contributed by atoms with Crippen LogP contribution in [0.15, 0.2) is 4.52 Å². The first-order chi connectivity index (χ1) is 7.90. The molecule has 1 atom stereocenters. The van der Waals surface area contributed by atoms with Crippen molar-refractivity contribution in [3.8, 4) is 0 Å². The molecule has 5 heteroatoms. The molecule has 1 unspecified atom stereocenters. The van der Waals surface area contributed by atoms with Gasteiger partial charge in [0.05, 0.1) is 0 Å². The molecule has 5 nitrogen and oxygen atoms in total. The predicted molar refractivity (Wildman–Crippen MR) is 59.1 cm³/mol. The van der Waals surface area contributed by atoms with Gasteiger partial charge in [-0.3, -0.25) is 0 Å². The number of ether oxygens (including phenoxy) is 1. The SMILES string of the molecule is CNCCCc1nc(C2CCCCO2)no1. The van der Waals surface area contributed by atoms with Crippen LogP contribution in [0.2, 0.25) is 0 Å². The summed E-state index contributed by atoms with van der Waals surface area (Å²) in [5, 5.41) is 7.08. The summed E-state index contributed by atoms with van der Waals surface area (Å²) >= 11 is 0. The van der Waals surface area contributed by atoms with Gasteiger partial charge in [0.1, 0.15) is 6.10 Å². The van der Waals surface area contributed by atoms with Crippen LogP contribution in [-0.4, -0.2) is 30.3 Å². The summed E-state index contributed by atoms with van der Waals surface area (Å²) in [4.78, 5) is 4.38. The first-order valence-corrected chi connectivity index (χ1v) is 5.99. The molecule has 1 aromatic rings. The molecular formula is C11H19N3O2. The van der Waals surface area contributed by atoms with Crippen molar-refractivity contribution < 1.29 is 9.26 Å². The van der Waals surface area contributed by atoms with Gasteiger partial charge in [0.25, 0.3) is 0 Å². The third-order valence-corrected chi connectivity index (χ3v) is 2.77. The van der Waals surface area contributed by atoms with Crippen molar-refractivity contribution >= 4 is 0 Å². The molecule has 1 aliphatic heterocycles. The maximum atomic E-state index is 5.61. The fraction of sp³-hybridized carbons (Fsp3) is 0.818. The Labute approximate surface area is 95.6 Å². The molecule has 0 saturated carbocycles. The fourth-order valence-corrected chi connectivity index (χ4v) is 1.86. The number of nitrogens with zero attached hydrogens (tertiary/aromatic N) is 2. The second-order valence-electron chi connectivity index (χ2n) is 4.11. The zero-order chi connectivity index (χ0) is 11.2. The molecule has 90 valence electrons. The lowest BCUT2D eigenvalue weighted by atomic mass is 10.1. The zero-order valence-corrected chi connectivity index (χ0v) is 9.74. The summed E-state index contributed by atoms with van der Waals surface area (Å²) in [7, 11) is 1.94. The number of aromatic nitrogens is 2. The Kier molecular flexibility index (Phi) is 4.30. The Morgan fingerprint density at radius 3 is 3.12 bits per heavy atom. The van der Waals surface area contributed by atoms with E-state index in [4.69, 9.17) is 9.26 Å². The fourth-order valence-electron chi connectivity index (χ4n) is 1.86. The summed E-state index contributed by atoms with van der Waals surface area (Å²) in [5.74, 6) is 1.44. The van der Waals surface area contributed by atoms with Crippen LogP contribution in [0.25, 0.3) is 0 Å². The molecule has 0 radical (unpaired) electrons. The van der Waals surface area contributed by atoms with Gasteiger partial charge in [-0.1, -0.05) is 5.16 Å². The summed E-state index contributed by atoms with van der Waals surface area (Å²) in [5.41, 5.74) is 0. The minimum atomic E-state index is 0.0514. The van der Waals surface area contributed by atoms with Gasteiger partial charge in [0.15, 0.2) is 0 Å². The number of rotatable bonds is 5. The Bertz CT molecular complexity index is 308. The molecule has 1 N–H and O–H groups in total. The Morgan fingerprint density at radius 1 is 1.44 bits per heavy atom. The highest BCUT2D eigenvalue weighted by Crippen LogP contribution is 2.25. The average molecular weight is 225 g/mol. The lowest BCUT2D eigenvalue weighted by molar-refractivity contribution is 0.00821.